The molecule has 1 aliphatic rings. The van der Waals surface area contributed by atoms with Crippen LogP contribution in [0.2, 0.25) is 0 Å². The fourth-order valence-corrected chi connectivity index (χ4v) is 4.74. The van der Waals surface area contributed by atoms with Gasteiger partial charge in [-0.2, -0.15) is 0 Å². The average molecular weight is 674 g/mol. The van der Waals surface area contributed by atoms with Gasteiger partial charge in [-0.25, -0.2) is 0 Å². The van der Waals surface area contributed by atoms with Crippen LogP contribution in [-0.2, 0) is 14.3 Å². The predicted molar refractivity (Wildman–Crippen MR) is 129 cm³/mol. The van der Waals surface area contributed by atoms with Gasteiger partial charge in [0.2, 0.25) is 0 Å². The van der Waals surface area contributed by atoms with E-state index in [9.17, 15) is 9.90 Å². The zero-order chi connectivity index (χ0) is 23.6. The van der Waals surface area contributed by atoms with Crippen molar-refractivity contribution < 1.29 is 68.5 Å². The first-order valence-electron chi connectivity index (χ1n) is 12.1. The maximum Gasteiger partial charge on any atom is 0.303 e. The quantitative estimate of drug-likeness (QED) is 0.201. The molecule has 1 radical (unpaired) electrons. The van der Waals surface area contributed by atoms with E-state index in [1.54, 1.807) is 12.1 Å². The number of phenols is 1. The molecule has 2 N–H and O–H groups in total. The number of carbonyl (C=O) groups is 1. The molecule has 0 aliphatic carbocycles. The van der Waals surface area contributed by atoms with Gasteiger partial charge < -0.3 is 19.7 Å². The third-order valence-corrected chi connectivity index (χ3v) is 6.16. The number of aromatic hydroxyl groups is 1. The van der Waals surface area contributed by atoms with E-state index in [2.05, 4.69) is 27.7 Å². The summed E-state index contributed by atoms with van der Waals surface area (Å²) >= 11 is 0. The summed E-state index contributed by atoms with van der Waals surface area (Å²) in [6.07, 6.45) is 9.08. The Morgan fingerprint density at radius 2 is 1.67 bits per heavy atom. The van der Waals surface area contributed by atoms with Crippen LogP contribution in [-0.4, -0.2) is 36.0 Å². The Kier molecular flexibility index (Phi) is 13.6. The van der Waals surface area contributed by atoms with E-state index in [4.69, 9.17) is 14.6 Å². The molecule has 0 fully saturated rings. The Morgan fingerprint density at radius 3 is 2.27 bits per heavy atom. The number of unbranched alkanes of at least 4 members (excludes halogenated alkanes) is 7. The summed E-state index contributed by atoms with van der Waals surface area (Å²) in [5, 5.41) is 18.5. The van der Waals surface area contributed by atoms with Crippen molar-refractivity contribution in [3.8, 4) is 5.75 Å². The van der Waals surface area contributed by atoms with Gasteiger partial charge in [-0.1, -0.05) is 78.4 Å². The second-order valence-electron chi connectivity index (χ2n) is 10.3. The van der Waals surface area contributed by atoms with Crippen molar-refractivity contribution in [2.75, 3.05) is 19.8 Å². The van der Waals surface area contributed by atoms with Crippen molar-refractivity contribution in [3.63, 3.8) is 0 Å². The molecule has 1 heterocycles. The topological polar surface area (TPSA) is 76.0 Å². The second kappa shape index (κ2) is 14.7. The van der Waals surface area contributed by atoms with Crippen LogP contribution in [0.15, 0.2) is 29.8 Å². The van der Waals surface area contributed by atoms with Crippen LogP contribution in [0.5, 0.6) is 5.75 Å². The van der Waals surface area contributed by atoms with Crippen molar-refractivity contribution in [1.29, 1.82) is 0 Å². The van der Waals surface area contributed by atoms with E-state index in [0.29, 0.717) is 19.6 Å². The van der Waals surface area contributed by atoms with E-state index in [-0.39, 0.29) is 60.6 Å². The van der Waals surface area contributed by atoms with Crippen LogP contribution in [0, 0.1) is 54.9 Å². The van der Waals surface area contributed by atoms with Crippen molar-refractivity contribution in [2.45, 2.75) is 85.5 Å². The number of benzene rings is 1. The van der Waals surface area contributed by atoms with Crippen LogP contribution >= 0.6 is 0 Å². The van der Waals surface area contributed by atoms with Crippen molar-refractivity contribution in [1.82, 2.24) is 0 Å². The summed E-state index contributed by atoms with van der Waals surface area (Å²) in [6.45, 7) is 10.9. The zero-order valence-corrected chi connectivity index (χ0v) is 25.7. The molecule has 0 saturated heterocycles. The summed E-state index contributed by atoms with van der Waals surface area (Å²) in [7, 11) is 0. The van der Waals surface area contributed by atoms with Crippen LogP contribution in [0.1, 0.15) is 91.0 Å². The minimum Gasteiger partial charge on any atom is -0.508 e. The van der Waals surface area contributed by atoms with Gasteiger partial charge in [0.15, 0.2) is 0 Å². The second-order valence-corrected chi connectivity index (χ2v) is 10.3. The van der Waals surface area contributed by atoms with Crippen LogP contribution in [0.25, 0.3) is 5.76 Å². The first-order valence-corrected chi connectivity index (χ1v) is 12.1. The number of aliphatic carboxylic acids is 1. The van der Waals surface area contributed by atoms with Gasteiger partial charge in [-0.05, 0) is 30.5 Å². The third kappa shape index (κ3) is 10.3. The number of rotatable bonds is 15. The van der Waals surface area contributed by atoms with Crippen molar-refractivity contribution in [3.05, 3.63) is 35.4 Å². The molecule has 0 aromatic heterocycles. The SMILES string of the molecule is CC(C)(COCCCCCCCCCCC(=O)O)C1=C(c2cccc(O)c2)OCC1(C)C.[Ac]. The Balaban J connectivity index is 0.00000544. The Hall–Kier alpha value is -0.568. The maximum atomic E-state index is 10.5. The molecule has 1 aromatic rings. The van der Waals surface area contributed by atoms with Gasteiger partial charge in [0.25, 0.3) is 0 Å². The number of hydrogen-bond donors (Lipinski definition) is 2. The zero-order valence-electron chi connectivity index (χ0n) is 21.0. The van der Waals surface area contributed by atoms with Crippen LogP contribution in [0.3, 0.4) is 0 Å². The molecule has 2 rings (SSSR count). The van der Waals surface area contributed by atoms with E-state index in [0.717, 1.165) is 43.6 Å². The minimum atomic E-state index is -0.691. The van der Waals surface area contributed by atoms with Gasteiger partial charge in [0, 0.05) is 73.5 Å². The van der Waals surface area contributed by atoms with E-state index in [1.807, 2.05) is 12.1 Å². The van der Waals surface area contributed by atoms with Gasteiger partial charge in [0.1, 0.15) is 11.5 Å². The molecule has 183 valence electrons. The largest absolute Gasteiger partial charge is 0.508 e. The number of hydrogen-bond acceptors (Lipinski definition) is 4. The number of phenolic OH excluding ortho intramolecular Hbond substituents is 1. The number of ether oxygens (including phenoxy) is 2. The molecule has 1 aromatic carbocycles. The molecule has 6 heteroatoms. The fourth-order valence-electron chi connectivity index (χ4n) is 4.74. The summed E-state index contributed by atoms with van der Waals surface area (Å²) in [5.74, 6) is 0.434. The Bertz CT molecular complexity index is 770. The van der Waals surface area contributed by atoms with E-state index >= 15 is 0 Å². The Morgan fingerprint density at radius 1 is 1.06 bits per heavy atom. The molecule has 0 saturated carbocycles. The van der Waals surface area contributed by atoms with Crippen LogP contribution < -0.4 is 0 Å². The maximum absolute atomic E-state index is 10.5. The third-order valence-electron chi connectivity index (χ3n) is 6.16. The minimum absolute atomic E-state index is 0. The molecule has 1 aliphatic heterocycles. The average Bonchev–Trinajstić information content (AvgIpc) is 3.04. The summed E-state index contributed by atoms with van der Waals surface area (Å²) in [6, 6.07) is 7.28. The van der Waals surface area contributed by atoms with Gasteiger partial charge in [-0.15, -0.1) is 0 Å². The van der Waals surface area contributed by atoms with Crippen molar-refractivity contribution >= 4 is 11.7 Å². The summed E-state index contributed by atoms with van der Waals surface area (Å²) in [4.78, 5) is 10.5. The normalized spacial score (nSPS) is 15.3. The smallest absolute Gasteiger partial charge is 0.303 e. The molecule has 0 spiro atoms. The monoisotopic (exact) mass is 673 g/mol. The van der Waals surface area contributed by atoms with Gasteiger partial charge >= 0.3 is 5.97 Å². The molecular weight excluding hydrogens is 631 g/mol. The number of carboxylic acids is 1. The fraction of sp³-hybridized carbons (Fsp3) is 0.667. The molecule has 0 bridgehead atoms. The molecule has 0 unspecified atom stereocenters. The first-order chi connectivity index (χ1) is 15.1. The molecule has 0 amide bonds. The van der Waals surface area contributed by atoms with Gasteiger partial charge in [-0.3, -0.25) is 4.79 Å². The molecule has 33 heavy (non-hydrogen) atoms. The Labute approximate surface area is 235 Å². The van der Waals surface area contributed by atoms with E-state index in [1.165, 1.54) is 31.3 Å². The predicted octanol–water partition coefficient (Wildman–Crippen LogP) is 6.80. The summed E-state index contributed by atoms with van der Waals surface area (Å²) < 4.78 is 12.2. The van der Waals surface area contributed by atoms with Crippen molar-refractivity contribution in [2.24, 2.45) is 10.8 Å². The molecule has 5 nitrogen and oxygen atoms in total. The van der Waals surface area contributed by atoms with E-state index < -0.39 is 5.97 Å². The van der Waals surface area contributed by atoms with Crippen LogP contribution in [0.4, 0.5) is 0 Å². The number of carboxylic acid groups (broad SMARTS) is 1. The molecular formula is C27H42AcO5. The van der Waals surface area contributed by atoms with Gasteiger partial charge in [0.05, 0.1) is 13.2 Å². The first kappa shape index (κ1) is 30.5. The standard InChI is InChI=1S/C27H42O5.Ac/c1-26(2,19-31-17-12-10-8-6-5-7-9-11-16-23(29)30)25-24(32-20-27(25,3)4)21-14-13-15-22(28)18-21;/h13-15,18,28H,5-12,16-17,19-20H2,1-4H3,(H,29,30);. The summed E-state index contributed by atoms with van der Waals surface area (Å²) in [5.41, 5.74) is 1.91. The molecule has 0 atom stereocenters.